The molecule has 25 heavy (non-hydrogen) atoms. The Balaban J connectivity index is 1.52. The van der Waals surface area contributed by atoms with Crippen LogP contribution in [0.1, 0.15) is 5.56 Å². The average molecular weight is 373 g/mol. The summed E-state index contributed by atoms with van der Waals surface area (Å²) in [5, 5.41) is 10.3. The minimum atomic E-state index is -2.85. The molecule has 0 unspecified atom stereocenters. The summed E-state index contributed by atoms with van der Waals surface area (Å²) in [4.78, 5) is 6.34. The molecule has 0 atom stereocenters. The van der Waals surface area contributed by atoms with Crippen molar-refractivity contribution in [2.24, 2.45) is 0 Å². The number of aromatic nitrogens is 4. The summed E-state index contributed by atoms with van der Waals surface area (Å²) in [6.07, 6.45) is 1.90. The third-order valence-electron chi connectivity index (χ3n) is 4.04. The molecule has 3 aromatic rings. The van der Waals surface area contributed by atoms with Crippen LogP contribution in [0.25, 0.3) is 17.2 Å². The molecule has 4 rings (SSSR count). The van der Waals surface area contributed by atoms with E-state index in [0.717, 1.165) is 16.9 Å². The fourth-order valence-corrected chi connectivity index (χ4v) is 4.43. The molecule has 128 valence electrons. The molecule has 0 bridgehead atoms. The zero-order chi connectivity index (χ0) is 17.3. The van der Waals surface area contributed by atoms with Gasteiger partial charge in [-0.05, 0) is 12.1 Å². The number of fused-ring (bicyclic) bond motifs is 1. The van der Waals surface area contributed by atoms with Gasteiger partial charge in [-0.25, -0.2) is 13.4 Å². The smallest absolute Gasteiger partial charge is 0.187 e. The molecule has 1 fully saturated rings. The van der Waals surface area contributed by atoms with Crippen LogP contribution < -0.4 is 0 Å². The first kappa shape index (κ1) is 16.2. The molecule has 1 aliphatic heterocycles. The fourth-order valence-electron chi connectivity index (χ4n) is 2.62. The van der Waals surface area contributed by atoms with Gasteiger partial charge in [0.05, 0.1) is 23.6 Å². The molecular weight excluding hydrogens is 358 g/mol. The zero-order valence-electron chi connectivity index (χ0n) is 13.3. The van der Waals surface area contributed by atoms with E-state index in [1.165, 1.54) is 11.3 Å². The summed E-state index contributed by atoms with van der Waals surface area (Å²) < 4.78 is 24.8. The van der Waals surface area contributed by atoms with Crippen LogP contribution in [-0.2, 0) is 9.84 Å². The molecular formula is C16H15N5O2S2. The molecule has 4 heterocycles. The lowest BCUT2D eigenvalue weighted by Crippen LogP contribution is -2.40. The summed E-state index contributed by atoms with van der Waals surface area (Å²) >= 11 is 1.51. The van der Waals surface area contributed by atoms with E-state index in [9.17, 15) is 8.42 Å². The lowest BCUT2D eigenvalue weighted by molar-refractivity contribution is 0.332. The Morgan fingerprint density at radius 1 is 1.20 bits per heavy atom. The monoisotopic (exact) mass is 373 g/mol. The van der Waals surface area contributed by atoms with Gasteiger partial charge in [0.25, 0.3) is 0 Å². The van der Waals surface area contributed by atoms with Gasteiger partial charge in [-0.15, -0.1) is 21.5 Å². The van der Waals surface area contributed by atoms with Gasteiger partial charge < -0.3 is 0 Å². The lowest BCUT2D eigenvalue weighted by Gasteiger charge is -2.24. The summed E-state index contributed by atoms with van der Waals surface area (Å²) in [6, 6.07) is 3.78. The van der Waals surface area contributed by atoms with Gasteiger partial charge in [-0.3, -0.25) is 9.30 Å². The van der Waals surface area contributed by atoms with Crippen LogP contribution in [0.15, 0.2) is 29.2 Å². The minimum Gasteiger partial charge on any atom is -0.290 e. The Kier molecular flexibility index (Phi) is 4.25. The number of sulfone groups is 1. The SMILES string of the molecule is O=S1(=O)CCN(CC#Cc2ccc3nnc(-c4cscn4)n3c2)CC1. The quantitative estimate of drug-likeness (QED) is 0.622. The largest absolute Gasteiger partial charge is 0.290 e. The second-order valence-electron chi connectivity index (χ2n) is 5.77. The molecule has 9 heteroatoms. The summed E-state index contributed by atoms with van der Waals surface area (Å²) in [6.45, 7) is 1.67. The number of pyridine rings is 1. The average Bonchev–Trinajstić information content (AvgIpc) is 3.25. The number of rotatable bonds is 2. The van der Waals surface area contributed by atoms with Gasteiger partial charge in [-0.1, -0.05) is 11.8 Å². The maximum Gasteiger partial charge on any atom is 0.187 e. The first-order chi connectivity index (χ1) is 12.1. The van der Waals surface area contributed by atoms with Crippen molar-refractivity contribution in [2.45, 2.75) is 0 Å². The van der Waals surface area contributed by atoms with Crippen molar-refractivity contribution >= 4 is 26.8 Å². The van der Waals surface area contributed by atoms with Crippen molar-refractivity contribution in [1.82, 2.24) is 24.5 Å². The number of nitrogens with zero attached hydrogens (tertiary/aromatic N) is 5. The van der Waals surface area contributed by atoms with Crippen LogP contribution in [0.4, 0.5) is 0 Å². The van der Waals surface area contributed by atoms with Gasteiger partial charge in [0.1, 0.15) is 5.69 Å². The van der Waals surface area contributed by atoms with Crippen molar-refractivity contribution in [2.75, 3.05) is 31.1 Å². The van der Waals surface area contributed by atoms with Crippen molar-refractivity contribution in [3.8, 4) is 23.4 Å². The second-order valence-corrected chi connectivity index (χ2v) is 8.80. The summed E-state index contributed by atoms with van der Waals surface area (Å²) in [5.41, 5.74) is 4.15. The molecule has 0 saturated carbocycles. The van der Waals surface area contributed by atoms with Crippen molar-refractivity contribution in [3.05, 3.63) is 34.8 Å². The highest BCUT2D eigenvalue weighted by Crippen LogP contribution is 2.18. The van der Waals surface area contributed by atoms with Crippen LogP contribution in [-0.4, -0.2) is 64.0 Å². The predicted molar refractivity (Wildman–Crippen MR) is 96.1 cm³/mol. The molecule has 0 amide bonds. The van der Waals surface area contributed by atoms with Crippen LogP contribution in [0.5, 0.6) is 0 Å². The third kappa shape index (κ3) is 3.56. The van der Waals surface area contributed by atoms with E-state index in [-0.39, 0.29) is 11.5 Å². The normalized spacial score (nSPS) is 17.3. The highest BCUT2D eigenvalue weighted by Gasteiger charge is 2.20. The summed E-state index contributed by atoms with van der Waals surface area (Å²) in [5.74, 6) is 7.39. The van der Waals surface area contributed by atoms with Crippen LogP contribution in [0, 0.1) is 11.8 Å². The van der Waals surface area contributed by atoms with Crippen molar-refractivity contribution < 1.29 is 8.42 Å². The molecule has 0 N–H and O–H groups in total. The number of thiazole rings is 1. The Morgan fingerprint density at radius 2 is 2.04 bits per heavy atom. The molecule has 7 nitrogen and oxygen atoms in total. The van der Waals surface area contributed by atoms with E-state index in [1.807, 2.05) is 28.1 Å². The second kappa shape index (κ2) is 6.55. The molecule has 3 aromatic heterocycles. The first-order valence-corrected chi connectivity index (χ1v) is 10.5. The summed E-state index contributed by atoms with van der Waals surface area (Å²) in [7, 11) is -2.85. The van der Waals surface area contributed by atoms with E-state index in [2.05, 4.69) is 31.9 Å². The number of hydrogen-bond donors (Lipinski definition) is 0. The lowest BCUT2D eigenvalue weighted by atomic mass is 10.3. The maximum atomic E-state index is 11.4. The molecule has 0 spiro atoms. The van der Waals surface area contributed by atoms with E-state index in [4.69, 9.17) is 0 Å². The Bertz CT molecular complexity index is 1050. The van der Waals surface area contributed by atoms with E-state index >= 15 is 0 Å². The van der Waals surface area contributed by atoms with Crippen LogP contribution in [0.3, 0.4) is 0 Å². The van der Waals surface area contributed by atoms with Gasteiger partial charge >= 0.3 is 0 Å². The number of hydrogen-bond acceptors (Lipinski definition) is 7. The molecule has 0 aliphatic carbocycles. The van der Waals surface area contributed by atoms with Crippen molar-refractivity contribution in [1.29, 1.82) is 0 Å². The highest BCUT2D eigenvalue weighted by molar-refractivity contribution is 7.91. The topological polar surface area (TPSA) is 80.5 Å². The minimum absolute atomic E-state index is 0.221. The molecule has 1 saturated heterocycles. The van der Waals surface area contributed by atoms with E-state index < -0.39 is 9.84 Å². The standard InChI is InChI=1S/C16H15N5O2S2/c22-25(23)8-6-20(7-9-25)5-1-2-13-3-4-15-18-19-16(21(15)10-13)14-11-24-12-17-14/h3-4,10-12H,5-9H2. The van der Waals surface area contributed by atoms with E-state index in [1.54, 1.807) is 5.51 Å². The highest BCUT2D eigenvalue weighted by atomic mass is 32.2. The Hall–Kier alpha value is -2.28. The Labute approximate surface area is 149 Å². The van der Waals surface area contributed by atoms with Gasteiger partial charge in [0.2, 0.25) is 0 Å². The van der Waals surface area contributed by atoms with Crippen LogP contribution >= 0.6 is 11.3 Å². The molecule has 0 radical (unpaired) electrons. The maximum absolute atomic E-state index is 11.4. The van der Waals surface area contributed by atoms with E-state index in [0.29, 0.717) is 25.5 Å². The fraction of sp³-hybridized carbons (Fsp3) is 0.312. The third-order valence-corrected chi connectivity index (χ3v) is 6.23. The predicted octanol–water partition coefficient (Wildman–Crippen LogP) is 0.935. The Morgan fingerprint density at radius 3 is 2.80 bits per heavy atom. The van der Waals surface area contributed by atoms with Gasteiger partial charge in [0.15, 0.2) is 21.3 Å². The van der Waals surface area contributed by atoms with Crippen LogP contribution in [0.2, 0.25) is 0 Å². The van der Waals surface area contributed by atoms with Gasteiger partial charge in [-0.2, -0.15) is 0 Å². The van der Waals surface area contributed by atoms with Gasteiger partial charge in [0, 0.05) is 30.2 Å². The molecule has 1 aliphatic rings. The first-order valence-electron chi connectivity index (χ1n) is 7.76. The zero-order valence-corrected chi connectivity index (χ0v) is 14.9. The molecule has 0 aromatic carbocycles. The van der Waals surface area contributed by atoms with Crippen molar-refractivity contribution in [3.63, 3.8) is 0 Å².